The van der Waals surface area contributed by atoms with E-state index in [0.29, 0.717) is 5.92 Å². The Morgan fingerprint density at radius 3 is 2.79 bits per heavy atom. The molecule has 1 atom stereocenters. The summed E-state index contributed by atoms with van der Waals surface area (Å²) in [6, 6.07) is 0. The number of unbranched alkanes of at least 4 members (excludes halogenated alkanes) is 1. The Morgan fingerprint density at radius 2 is 2.21 bits per heavy atom. The van der Waals surface area contributed by atoms with Gasteiger partial charge in [0.1, 0.15) is 0 Å². The van der Waals surface area contributed by atoms with Crippen LogP contribution in [0.4, 0.5) is 0 Å². The normalized spacial score (nSPS) is 17.9. The van der Waals surface area contributed by atoms with E-state index >= 15 is 0 Å². The number of amides is 1. The molecule has 3 heteroatoms. The van der Waals surface area contributed by atoms with E-state index < -0.39 is 0 Å². The van der Waals surface area contributed by atoms with Gasteiger partial charge in [0.15, 0.2) is 0 Å². The second-order valence-corrected chi connectivity index (χ2v) is 4.12. The van der Waals surface area contributed by atoms with Crippen molar-refractivity contribution in [2.75, 3.05) is 20.3 Å². The van der Waals surface area contributed by atoms with Crippen molar-refractivity contribution in [1.29, 1.82) is 0 Å². The van der Waals surface area contributed by atoms with E-state index in [0.717, 1.165) is 26.0 Å². The zero-order valence-electron chi connectivity index (χ0n) is 9.21. The van der Waals surface area contributed by atoms with Crippen LogP contribution in [-0.4, -0.2) is 26.2 Å². The molecule has 1 aliphatic carbocycles. The predicted molar refractivity (Wildman–Crippen MR) is 56.0 cm³/mol. The van der Waals surface area contributed by atoms with Gasteiger partial charge in [0.2, 0.25) is 5.91 Å². The van der Waals surface area contributed by atoms with Crippen molar-refractivity contribution >= 4 is 5.91 Å². The fraction of sp³-hybridized carbons (Fsp3) is 0.909. The minimum absolute atomic E-state index is 0.220. The number of carbonyl (C=O) groups excluding carboxylic acids is 1. The van der Waals surface area contributed by atoms with Gasteiger partial charge in [-0.25, -0.2) is 0 Å². The lowest BCUT2D eigenvalue weighted by Crippen LogP contribution is -2.31. The van der Waals surface area contributed by atoms with Crippen LogP contribution in [0.3, 0.4) is 0 Å². The highest BCUT2D eigenvalue weighted by Crippen LogP contribution is 2.36. The molecule has 0 heterocycles. The van der Waals surface area contributed by atoms with Gasteiger partial charge in [-0.05, 0) is 31.6 Å². The van der Waals surface area contributed by atoms with Crippen LogP contribution in [0.2, 0.25) is 0 Å². The van der Waals surface area contributed by atoms with Crippen LogP contribution in [0.5, 0.6) is 0 Å². The van der Waals surface area contributed by atoms with Crippen LogP contribution in [0.1, 0.15) is 32.6 Å². The van der Waals surface area contributed by atoms with Gasteiger partial charge in [0.25, 0.3) is 0 Å². The predicted octanol–water partition coefficient (Wildman–Crippen LogP) is 1.58. The highest BCUT2D eigenvalue weighted by Gasteiger charge is 2.32. The van der Waals surface area contributed by atoms with Gasteiger partial charge in [-0.1, -0.05) is 6.92 Å². The maximum atomic E-state index is 11.5. The van der Waals surface area contributed by atoms with E-state index in [2.05, 4.69) is 5.32 Å². The van der Waals surface area contributed by atoms with Gasteiger partial charge in [0.05, 0.1) is 0 Å². The third-order valence-electron chi connectivity index (χ3n) is 2.82. The lowest BCUT2D eigenvalue weighted by atomic mass is 10.1. The summed E-state index contributed by atoms with van der Waals surface area (Å²) >= 11 is 0. The summed E-state index contributed by atoms with van der Waals surface area (Å²) in [6.45, 7) is 3.61. The zero-order valence-corrected chi connectivity index (χ0v) is 9.21. The van der Waals surface area contributed by atoms with E-state index in [1.54, 1.807) is 7.11 Å². The van der Waals surface area contributed by atoms with Crippen LogP contribution in [0.15, 0.2) is 0 Å². The van der Waals surface area contributed by atoms with Crippen LogP contribution < -0.4 is 5.32 Å². The molecule has 1 fully saturated rings. The van der Waals surface area contributed by atoms with Crippen molar-refractivity contribution in [3.63, 3.8) is 0 Å². The second kappa shape index (κ2) is 6.02. The number of ether oxygens (including phenoxy) is 1. The van der Waals surface area contributed by atoms with Crippen molar-refractivity contribution in [3.05, 3.63) is 0 Å². The average molecular weight is 199 g/mol. The molecule has 0 aromatic heterocycles. The minimum atomic E-state index is 0.220. The molecule has 0 spiro atoms. The summed E-state index contributed by atoms with van der Waals surface area (Å²) in [6.07, 6.45) is 4.50. The first-order valence-corrected chi connectivity index (χ1v) is 5.52. The molecule has 0 aliphatic heterocycles. The summed E-state index contributed by atoms with van der Waals surface area (Å²) in [5.41, 5.74) is 0. The first-order chi connectivity index (χ1) is 6.75. The number of hydrogen-bond acceptors (Lipinski definition) is 2. The van der Waals surface area contributed by atoms with Crippen LogP contribution in [0, 0.1) is 11.8 Å². The second-order valence-electron chi connectivity index (χ2n) is 4.12. The molecular formula is C11H21NO2. The quantitative estimate of drug-likeness (QED) is 0.632. The molecule has 0 radical (unpaired) electrons. The minimum Gasteiger partial charge on any atom is -0.385 e. The van der Waals surface area contributed by atoms with Crippen LogP contribution >= 0.6 is 0 Å². The molecule has 0 aromatic carbocycles. The van der Waals surface area contributed by atoms with E-state index in [1.165, 1.54) is 12.8 Å². The Balaban J connectivity index is 1.97. The van der Waals surface area contributed by atoms with E-state index in [1.807, 2.05) is 6.92 Å². The first kappa shape index (κ1) is 11.5. The summed E-state index contributed by atoms with van der Waals surface area (Å²) in [4.78, 5) is 11.5. The standard InChI is InChI=1S/C11H21NO2/c1-9(10-5-6-10)11(13)12-7-3-4-8-14-2/h9-10H,3-8H2,1-2H3,(H,12,13). The molecule has 14 heavy (non-hydrogen) atoms. The maximum absolute atomic E-state index is 11.5. The van der Waals surface area contributed by atoms with Gasteiger partial charge < -0.3 is 10.1 Å². The maximum Gasteiger partial charge on any atom is 0.223 e. The van der Waals surface area contributed by atoms with E-state index in [4.69, 9.17) is 4.74 Å². The van der Waals surface area contributed by atoms with E-state index in [-0.39, 0.29) is 11.8 Å². The molecule has 1 unspecified atom stereocenters. The highest BCUT2D eigenvalue weighted by atomic mass is 16.5. The fourth-order valence-corrected chi connectivity index (χ4v) is 1.55. The molecule has 3 nitrogen and oxygen atoms in total. The number of nitrogens with one attached hydrogen (secondary N) is 1. The third kappa shape index (κ3) is 4.09. The molecular weight excluding hydrogens is 178 g/mol. The number of methoxy groups -OCH3 is 1. The summed E-state index contributed by atoms with van der Waals surface area (Å²) in [5, 5.41) is 2.97. The molecule has 1 amide bonds. The third-order valence-corrected chi connectivity index (χ3v) is 2.82. The van der Waals surface area contributed by atoms with Gasteiger partial charge in [0, 0.05) is 26.2 Å². The van der Waals surface area contributed by atoms with Crippen molar-refractivity contribution < 1.29 is 9.53 Å². The van der Waals surface area contributed by atoms with Crippen molar-refractivity contribution in [2.45, 2.75) is 32.6 Å². The molecule has 0 aromatic rings. The summed E-state index contributed by atoms with van der Waals surface area (Å²) < 4.78 is 4.93. The topological polar surface area (TPSA) is 38.3 Å². The first-order valence-electron chi connectivity index (χ1n) is 5.52. The molecule has 0 saturated heterocycles. The van der Waals surface area contributed by atoms with Crippen molar-refractivity contribution in [3.8, 4) is 0 Å². The number of carbonyl (C=O) groups is 1. The van der Waals surface area contributed by atoms with Gasteiger partial charge in [-0.15, -0.1) is 0 Å². The Morgan fingerprint density at radius 1 is 1.50 bits per heavy atom. The average Bonchev–Trinajstić information content (AvgIpc) is 2.99. The Labute approximate surface area is 86.2 Å². The van der Waals surface area contributed by atoms with Crippen LogP contribution in [-0.2, 0) is 9.53 Å². The van der Waals surface area contributed by atoms with Gasteiger partial charge in [-0.2, -0.15) is 0 Å². The Kier molecular flexibility index (Phi) is 4.94. The van der Waals surface area contributed by atoms with Crippen molar-refractivity contribution in [2.24, 2.45) is 11.8 Å². The largest absolute Gasteiger partial charge is 0.385 e. The zero-order chi connectivity index (χ0) is 10.4. The SMILES string of the molecule is COCCCCNC(=O)C(C)C1CC1. The lowest BCUT2D eigenvalue weighted by molar-refractivity contribution is -0.125. The molecule has 1 N–H and O–H groups in total. The summed E-state index contributed by atoms with van der Waals surface area (Å²) in [5.74, 6) is 1.11. The molecule has 1 aliphatic rings. The Bertz CT molecular complexity index is 178. The molecule has 0 bridgehead atoms. The molecule has 82 valence electrons. The molecule has 1 saturated carbocycles. The van der Waals surface area contributed by atoms with Crippen molar-refractivity contribution in [1.82, 2.24) is 5.32 Å². The van der Waals surface area contributed by atoms with Gasteiger partial charge in [-0.3, -0.25) is 4.79 Å². The smallest absolute Gasteiger partial charge is 0.223 e. The molecule has 1 rings (SSSR count). The lowest BCUT2D eigenvalue weighted by Gasteiger charge is -2.10. The monoisotopic (exact) mass is 199 g/mol. The highest BCUT2D eigenvalue weighted by molar-refractivity contribution is 5.78. The summed E-state index contributed by atoms with van der Waals surface area (Å²) in [7, 11) is 1.70. The van der Waals surface area contributed by atoms with Crippen LogP contribution in [0.25, 0.3) is 0 Å². The van der Waals surface area contributed by atoms with E-state index in [9.17, 15) is 4.79 Å². The number of hydrogen-bond donors (Lipinski definition) is 1. The van der Waals surface area contributed by atoms with Gasteiger partial charge >= 0.3 is 0 Å². The fourth-order valence-electron chi connectivity index (χ4n) is 1.55. The Hall–Kier alpha value is -0.570. The number of rotatable bonds is 7.